The van der Waals surface area contributed by atoms with Crippen molar-refractivity contribution in [1.29, 1.82) is 0 Å². The van der Waals surface area contributed by atoms with Gasteiger partial charge in [-0.2, -0.15) is 0 Å². The zero-order chi connectivity index (χ0) is 19.6. The number of hydrogen-bond donors (Lipinski definition) is 2. The monoisotopic (exact) mass is 368 g/mol. The first-order valence-electron chi connectivity index (χ1n) is 9.23. The average Bonchev–Trinajstić information content (AvgIpc) is 2.62. The zero-order valence-electron chi connectivity index (χ0n) is 16.7. The summed E-state index contributed by atoms with van der Waals surface area (Å²) in [5.41, 5.74) is 2.12. The van der Waals surface area contributed by atoms with E-state index in [2.05, 4.69) is 21.6 Å². The van der Waals surface area contributed by atoms with Crippen LogP contribution >= 0.6 is 0 Å². The molecule has 2 aromatic rings. The van der Waals surface area contributed by atoms with Crippen molar-refractivity contribution in [3.63, 3.8) is 0 Å². The Morgan fingerprint density at radius 1 is 1.30 bits per heavy atom. The molecule has 27 heavy (non-hydrogen) atoms. The number of amides is 1. The first-order chi connectivity index (χ1) is 12.8. The number of carbonyl (C=O) groups excluding carboxylic acids is 1. The van der Waals surface area contributed by atoms with Crippen molar-refractivity contribution in [2.75, 3.05) is 26.0 Å². The second-order valence-electron chi connectivity index (χ2n) is 7.69. The number of benzene rings is 1. The molecule has 1 unspecified atom stereocenters. The largest absolute Gasteiger partial charge is 0.497 e. The third-order valence-electron chi connectivity index (χ3n) is 4.79. The summed E-state index contributed by atoms with van der Waals surface area (Å²) < 4.78 is 5.28. The molecule has 1 aromatic carbocycles. The van der Waals surface area contributed by atoms with Gasteiger partial charge in [-0.05, 0) is 51.6 Å². The molecule has 0 radical (unpaired) electrons. The quantitative estimate of drug-likeness (QED) is 0.849. The number of rotatable bonds is 5. The summed E-state index contributed by atoms with van der Waals surface area (Å²) >= 11 is 0. The molecule has 0 aliphatic carbocycles. The summed E-state index contributed by atoms with van der Waals surface area (Å²) in [6.07, 6.45) is 0. The second-order valence-corrected chi connectivity index (χ2v) is 7.69. The van der Waals surface area contributed by atoms with Crippen molar-refractivity contribution < 1.29 is 9.53 Å². The lowest BCUT2D eigenvalue weighted by atomic mass is 9.79. The fourth-order valence-electron chi connectivity index (χ4n) is 3.57. The molecule has 0 saturated heterocycles. The molecule has 1 aliphatic heterocycles. The van der Waals surface area contributed by atoms with Gasteiger partial charge in [0, 0.05) is 30.9 Å². The molecule has 6 heteroatoms. The molecule has 144 valence electrons. The molecule has 0 saturated carbocycles. The number of aromatic nitrogens is 1. The predicted octanol–water partition coefficient (Wildman–Crippen LogP) is 3.06. The van der Waals surface area contributed by atoms with Gasteiger partial charge in [0.1, 0.15) is 17.0 Å². The Hall–Kier alpha value is -2.60. The number of likely N-dealkylation sites (N-methyl/N-ethyl adjacent to an activating group) is 1. The molecule has 3 rings (SSSR count). The van der Waals surface area contributed by atoms with Gasteiger partial charge in [0.25, 0.3) is 0 Å². The van der Waals surface area contributed by atoms with Crippen LogP contribution in [0.15, 0.2) is 36.4 Å². The normalized spacial score (nSPS) is 19.5. The maximum Gasteiger partial charge on any atom is 0.233 e. The number of carbonyl (C=O) groups is 1. The summed E-state index contributed by atoms with van der Waals surface area (Å²) in [4.78, 5) is 20.0. The van der Waals surface area contributed by atoms with Gasteiger partial charge in [0.05, 0.1) is 12.8 Å². The number of nitrogens with one attached hydrogen (secondary N) is 2. The fourth-order valence-corrected chi connectivity index (χ4v) is 3.57. The molecule has 0 fully saturated rings. The Bertz CT molecular complexity index is 837. The van der Waals surface area contributed by atoms with E-state index in [1.165, 1.54) is 0 Å². The van der Waals surface area contributed by atoms with Gasteiger partial charge >= 0.3 is 0 Å². The molecule has 1 amide bonds. The number of methoxy groups -OCH3 is 1. The summed E-state index contributed by atoms with van der Waals surface area (Å²) in [6.45, 7) is 7.34. The highest BCUT2D eigenvalue weighted by Crippen LogP contribution is 2.34. The second kappa shape index (κ2) is 7.56. The highest BCUT2D eigenvalue weighted by molar-refractivity contribution is 5.88. The van der Waals surface area contributed by atoms with Crippen LogP contribution < -0.4 is 15.4 Å². The highest BCUT2D eigenvalue weighted by atomic mass is 16.5. The van der Waals surface area contributed by atoms with Crippen LogP contribution in [0.5, 0.6) is 5.75 Å². The first kappa shape index (κ1) is 19.2. The van der Waals surface area contributed by atoms with E-state index in [0.29, 0.717) is 6.54 Å². The zero-order valence-corrected chi connectivity index (χ0v) is 16.7. The van der Waals surface area contributed by atoms with Crippen molar-refractivity contribution in [2.45, 2.75) is 38.8 Å². The predicted molar refractivity (Wildman–Crippen MR) is 107 cm³/mol. The number of ether oxygens (including phenoxy) is 1. The van der Waals surface area contributed by atoms with Crippen molar-refractivity contribution in [3.05, 3.63) is 47.7 Å². The maximum absolute atomic E-state index is 13.0. The van der Waals surface area contributed by atoms with Crippen LogP contribution in [0.3, 0.4) is 0 Å². The topological polar surface area (TPSA) is 66.5 Å². The van der Waals surface area contributed by atoms with Crippen molar-refractivity contribution in [2.24, 2.45) is 0 Å². The first-order valence-corrected chi connectivity index (χ1v) is 9.23. The van der Waals surface area contributed by atoms with Crippen molar-refractivity contribution in [3.8, 4) is 5.75 Å². The highest BCUT2D eigenvalue weighted by Gasteiger charge is 2.42. The number of anilines is 2. The summed E-state index contributed by atoms with van der Waals surface area (Å²) in [5, 5.41) is 6.38. The van der Waals surface area contributed by atoms with Crippen LogP contribution in [0.25, 0.3) is 0 Å². The standard InChI is InChI=1S/C21H28N4O2/c1-14(2)22-20(26)21(3)13-25(4)12-15-9-10-18(24-19(15)21)23-16-7-6-8-17(11-16)27-5/h6-11,14H,12-13H2,1-5H3,(H,22,26)(H,23,24). The average molecular weight is 368 g/mol. The van der Waals surface area contributed by atoms with Crippen LogP contribution in [-0.2, 0) is 16.8 Å². The molecular weight excluding hydrogens is 340 g/mol. The molecule has 1 aromatic heterocycles. The third-order valence-corrected chi connectivity index (χ3v) is 4.79. The Morgan fingerprint density at radius 3 is 2.78 bits per heavy atom. The van der Waals surface area contributed by atoms with E-state index in [0.717, 1.165) is 35.1 Å². The fraction of sp³-hybridized carbons (Fsp3) is 0.429. The molecule has 2 N–H and O–H groups in total. The van der Waals surface area contributed by atoms with E-state index in [4.69, 9.17) is 9.72 Å². The van der Waals surface area contributed by atoms with Gasteiger partial charge in [0.15, 0.2) is 0 Å². The van der Waals surface area contributed by atoms with Gasteiger partial charge in [-0.25, -0.2) is 4.98 Å². The molecule has 1 aliphatic rings. The van der Waals surface area contributed by atoms with Crippen LogP contribution in [0, 0.1) is 0 Å². The number of hydrogen-bond acceptors (Lipinski definition) is 5. The third kappa shape index (κ3) is 4.06. The lowest BCUT2D eigenvalue weighted by Crippen LogP contribution is -2.53. The van der Waals surface area contributed by atoms with Gasteiger partial charge in [-0.3, -0.25) is 4.79 Å². The van der Waals surface area contributed by atoms with Gasteiger partial charge in [-0.1, -0.05) is 12.1 Å². The van der Waals surface area contributed by atoms with E-state index in [-0.39, 0.29) is 11.9 Å². The van der Waals surface area contributed by atoms with E-state index in [1.807, 2.05) is 58.2 Å². The van der Waals surface area contributed by atoms with Crippen LogP contribution in [0.2, 0.25) is 0 Å². The molecule has 2 heterocycles. The molecule has 1 atom stereocenters. The smallest absolute Gasteiger partial charge is 0.233 e. The maximum atomic E-state index is 13.0. The van der Waals surface area contributed by atoms with E-state index in [9.17, 15) is 4.79 Å². The van der Waals surface area contributed by atoms with Crippen LogP contribution in [0.4, 0.5) is 11.5 Å². The number of nitrogens with zero attached hydrogens (tertiary/aromatic N) is 2. The molecule has 6 nitrogen and oxygen atoms in total. The SMILES string of the molecule is COc1cccc(Nc2ccc3c(n2)C(C)(C(=O)NC(C)C)CN(C)C3)c1. The molecular formula is C21H28N4O2. The van der Waals surface area contributed by atoms with E-state index in [1.54, 1.807) is 7.11 Å². The Labute approximate surface area is 160 Å². The minimum atomic E-state index is -0.696. The Morgan fingerprint density at radius 2 is 2.07 bits per heavy atom. The minimum absolute atomic E-state index is 0.0105. The Balaban J connectivity index is 1.95. The van der Waals surface area contributed by atoms with E-state index >= 15 is 0 Å². The van der Waals surface area contributed by atoms with Crippen molar-refractivity contribution >= 4 is 17.4 Å². The lowest BCUT2D eigenvalue weighted by molar-refractivity contribution is -0.128. The number of fused-ring (bicyclic) bond motifs is 1. The van der Waals surface area contributed by atoms with Crippen molar-refractivity contribution in [1.82, 2.24) is 15.2 Å². The van der Waals surface area contributed by atoms with Gasteiger partial charge < -0.3 is 20.3 Å². The number of pyridine rings is 1. The Kier molecular flexibility index (Phi) is 5.37. The van der Waals surface area contributed by atoms with E-state index < -0.39 is 5.41 Å². The molecule has 0 spiro atoms. The summed E-state index contributed by atoms with van der Waals surface area (Å²) in [7, 11) is 3.68. The molecule has 0 bridgehead atoms. The summed E-state index contributed by atoms with van der Waals surface area (Å²) in [6, 6.07) is 11.8. The van der Waals surface area contributed by atoms with Gasteiger partial charge in [-0.15, -0.1) is 0 Å². The minimum Gasteiger partial charge on any atom is -0.497 e. The van der Waals surface area contributed by atoms with Crippen LogP contribution in [0.1, 0.15) is 32.0 Å². The van der Waals surface area contributed by atoms with Gasteiger partial charge in [0.2, 0.25) is 5.91 Å². The van der Waals surface area contributed by atoms with Crippen LogP contribution in [-0.4, -0.2) is 42.5 Å². The lowest BCUT2D eigenvalue weighted by Gasteiger charge is -2.39. The summed E-state index contributed by atoms with van der Waals surface area (Å²) in [5.74, 6) is 1.51.